The number of benzene rings is 1. The van der Waals surface area contributed by atoms with Gasteiger partial charge in [0.2, 0.25) is 0 Å². The van der Waals surface area contributed by atoms with Crippen molar-refractivity contribution in [1.82, 2.24) is 9.88 Å². The molecule has 2 aromatic rings. The molecule has 4 unspecified atom stereocenters. The lowest BCUT2D eigenvalue weighted by molar-refractivity contribution is 0.00925. The molecule has 3 fully saturated rings. The van der Waals surface area contributed by atoms with E-state index in [1.165, 1.54) is 24.9 Å². The third-order valence-electron chi connectivity index (χ3n) is 5.98. The number of phenols is 1. The molecule has 5 atom stereocenters. The average molecular weight is 308 g/mol. The van der Waals surface area contributed by atoms with Gasteiger partial charge < -0.3 is 5.11 Å². The van der Waals surface area contributed by atoms with Crippen LogP contribution in [-0.2, 0) is 0 Å². The number of hydrogen-bond donors (Lipinski definition) is 1. The largest absolute Gasteiger partial charge is 0.508 e. The molecule has 0 amide bonds. The summed E-state index contributed by atoms with van der Waals surface area (Å²) in [4.78, 5) is 7.09. The van der Waals surface area contributed by atoms with Crippen molar-refractivity contribution in [2.75, 3.05) is 13.1 Å². The number of aromatic nitrogens is 1. The highest BCUT2D eigenvalue weighted by Gasteiger charge is 2.41. The van der Waals surface area contributed by atoms with Crippen LogP contribution in [-0.4, -0.2) is 34.1 Å². The molecule has 120 valence electrons. The van der Waals surface area contributed by atoms with Crippen molar-refractivity contribution < 1.29 is 5.11 Å². The highest BCUT2D eigenvalue weighted by Crippen LogP contribution is 2.42. The van der Waals surface area contributed by atoms with Gasteiger partial charge in [0.05, 0.1) is 5.52 Å². The Morgan fingerprint density at radius 1 is 1.39 bits per heavy atom. The van der Waals surface area contributed by atoms with Gasteiger partial charge in [-0.05, 0) is 67.0 Å². The number of nitrogens with zero attached hydrogens (tertiary/aromatic N) is 2. The summed E-state index contributed by atoms with van der Waals surface area (Å²) in [6, 6.07) is 8.18. The van der Waals surface area contributed by atoms with Crippen LogP contribution in [0, 0.1) is 11.8 Å². The topological polar surface area (TPSA) is 36.4 Å². The minimum absolute atomic E-state index is 0.316. The van der Waals surface area contributed by atoms with Crippen molar-refractivity contribution in [3.63, 3.8) is 0 Å². The number of rotatable bonds is 3. The Labute approximate surface area is 137 Å². The molecule has 1 N–H and O–H groups in total. The van der Waals surface area contributed by atoms with Gasteiger partial charge in [0.1, 0.15) is 5.75 Å². The van der Waals surface area contributed by atoms with Gasteiger partial charge in [-0.2, -0.15) is 0 Å². The Bertz CT molecular complexity index is 741. The van der Waals surface area contributed by atoms with E-state index < -0.39 is 0 Å². The lowest BCUT2D eigenvalue weighted by Crippen LogP contribution is -2.54. The Morgan fingerprint density at radius 2 is 2.26 bits per heavy atom. The molecular formula is C20H24N2O. The van der Waals surface area contributed by atoms with E-state index in [0.29, 0.717) is 23.6 Å². The van der Waals surface area contributed by atoms with E-state index in [1.54, 1.807) is 6.07 Å². The molecule has 3 nitrogen and oxygen atoms in total. The number of piperidine rings is 3. The van der Waals surface area contributed by atoms with Gasteiger partial charge >= 0.3 is 0 Å². The monoisotopic (exact) mass is 308 g/mol. The lowest BCUT2D eigenvalue weighted by atomic mass is 9.71. The molecule has 3 heteroatoms. The van der Waals surface area contributed by atoms with Gasteiger partial charge in [0, 0.05) is 24.2 Å². The summed E-state index contributed by atoms with van der Waals surface area (Å²) in [7, 11) is 0. The van der Waals surface area contributed by atoms with Gasteiger partial charge in [-0.25, -0.2) is 0 Å². The van der Waals surface area contributed by atoms with Gasteiger partial charge in [-0.3, -0.25) is 9.88 Å². The zero-order valence-electron chi connectivity index (χ0n) is 13.7. The summed E-state index contributed by atoms with van der Waals surface area (Å²) in [5.74, 6) is 2.20. The summed E-state index contributed by atoms with van der Waals surface area (Å²) >= 11 is 0. The fourth-order valence-corrected chi connectivity index (χ4v) is 4.66. The Kier molecular flexibility index (Phi) is 3.61. The second kappa shape index (κ2) is 5.64. The van der Waals surface area contributed by atoms with E-state index in [2.05, 4.69) is 35.5 Å². The average Bonchev–Trinajstić information content (AvgIpc) is 2.60. The quantitative estimate of drug-likeness (QED) is 0.873. The van der Waals surface area contributed by atoms with E-state index in [1.807, 2.05) is 18.3 Å². The predicted molar refractivity (Wildman–Crippen MR) is 93.6 cm³/mol. The maximum Gasteiger partial charge on any atom is 0.116 e. The van der Waals surface area contributed by atoms with Crippen molar-refractivity contribution in [1.29, 1.82) is 0 Å². The molecule has 0 aliphatic carbocycles. The van der Waals surface area contributed by atoms with Crippen molar-refractivity contribution in [3.8, 4) is 5.75 Å². The summed E-state index contributed by atoms with van der Waals surface area (Å²) in [6.07, 6.45) is 6.60. The predicted octanol–water partition coefficient (Wildman–Crippen LogP) is 3.94. The summed E-state index contributed by atoms with van der Waals surface area (Å²) < 4.78 is 0. The standard InChI is InChI=1S/C20H24N2O/c1-3-14-12-22-9-7-15(14)10-20(22)13(2)17-6-8-21-19-5-4-16(23)11-18(17)19/h3-6,8,11,13-15,20,23H,1,7,9-10,12H2,2H3/t13?,14?,15?,20-/m0/s1. The van der Waals surface area contributed by atoms with E-state index >= 15 is 0 Å². The number of pyridine rings is 1. The van der Waals surface area contributed by atoms with E-state index in [4.69, 9.17) is 0 Å². The van der Waals surface area contributed by atoms with Crippen LogP contribution in [0.2, 0.25) is 0 Å². The zero-order chi connectivity index (χ0) is 16.0. The van der Waals surface area contributed by atoms with Crippen LogP contribution in [0.25, 0.3) is 10.9 Å². The molecule has 3 aliphatic heterocycles. The molecule has 3 aliphatic rings. The van der Waals surface area contributed by atoms with Crippen molar-refractivity contribution in [2.45, 2.75) is 31.7 Å². The SMILES string of the molecule is C=CC1CN2CCC1C[C@H]2C(C)c1ccnc2ccc(O)cc12. The van der Waals surface area contributed by atoms with Crippen LogP contribution in [0.5, 0.6) is 5.75 Å². The van der Waals surface area contributed by atoms with Gasteiger partial charge in [0.25, 0.3) is 0 Å². The van der Waals surface area contributed by atoms with Crippen LogP contribution in [0.15, 0.2) is 43.1 Å². The minimum atomic E-state index is 0.316. The maximum atomic E-state index is 9.87. The van der Waals surface area contributed by atoms with E-state index in [-0.39, 0.29) is 0 Å². The van der Waals surface area contributed by atoms with E-state index in [9.17, 15) is 5.11 Å². The third-order valence-corrected chi connectivity index (χ3v) is 5.98. The third kappa shape index (κ3) is 2.43. The first-order valence-corrected chi connectivity index (χ1v) is 8.61. The maximum absolute atomic E-state index is 9.87. The molecule has 0 saturated carbocycles. The van der Waals surface area contributed by atoms with Crippen LogP contribution in [0.4, 0.5) is 0 Å². The highest BCUT2D eigenvalue weighted by molar-refractivity contribution is 5.84. The molecule has 23 heavy (non-hydrogen) atoms. The molecule has 0 radical (unpaired) electrons. The Balaban J connectivity index is 1.69. The molecule has 1 aromatic heterocycles. The van der Waals surface area contributed by atoms with Crippen molar-refractivity contribution in [2.24, 2.45) is 11.8 Å². The minimum Gasteiger partial charge on any atom is -0.508 e. The van der Waals surface area contributed by atoms with Crippen LogP contribution >= 0.6 is 0 Å². The second-order valence-corrected chi connectivity index (χ2v) is 7.14. The van der Waals surface area contributed by atoms with Crippen LogP contribution in [0.1, 0.15) is 31.2 Å². The first-order chi connectivity index (χ1) is 11.2. The summed E-state index contributed by atoms with van der Waals surface area (Å²) in [5, 5.41) is 11.0. The number of phenolic OH excluding ortho intramolecular Hbond substituents is 1. The summed E-state index contributed by atoms with van der Waals surface area (Å²) in [5.41, 5.74) is 2.27. The molecule has 3 saturated heterocycles. The van der Waals surface area contributed by atoms with Gasteiger partial charge in [-0.15, -0.1) is 6.58 Å². The fourth-order valence-electron chi connectivity index (χ4n) is 4.66. The van der Waals surface area contributed by atoms with Crippen molar-refractivity contribution in [3.05, 3.63) is 48.7 Å². The first kappa shape index (κ1) is 14.7. The smallest absolute Gasteiger partial charge is 0.116 e. The molecule has 0 spiro atoms. The molecule has 2 bridgehead atoms. The number of hydrogen-bond acceptors (Lipinski definition) is 3. The first-order valence-electron chi connectivity index (χ1n) is 8.61. The number of fused-ring (bicyclic) bond motifs is 4. The zero-order valence-corrected chi connectivity index (χ0v) is 13.7. The van der Waals surface area contributed by atoms with Crippen molar-refractivity contribution >= 4 is 10.9 Å². The van der Waals surface area contributed by atoms with E-state index in [0.717, 1.165) is 23.4 Å². The van der Waals surface area contributed by atoms with Crippen LogP contribution < -0.4 is 0 Å². The van der Waals surface area contributed by atoms with Gasteiger partial charge in [-0.1, -0.05) is 13.0 Å². The second-order valence-electron chi connectivity index (χ2n) is 7.14. The molecule has 1 aromatic carbocycles. The van der Waals surface area contributed by atoms with Gasteiger partial charge in [0.15, 0.2) is 0 Å². The normalized spacial score (nSPS) is 31.2. The molecule has 4 heterocycles. The fraction of sp³-hybridized carbons (Fsp3) is 0.450. The summed E-state index contributed by atoms with van der Waals surface area (Å²) in [6.45, 7) is 8.70. The Hall–Kier alpha value is -1.87. The molecule has 5 rings (SSSR count). The highest BCUT2D eigenvalue weighted by atomic mass is 16.3. The Morgan fingerprint density at radius 3 is 3.00 bits per heavy atom. The number of aromatic hydroxyl groups is 1. The van der Waals surface area contributed by atoms with Crippen LogP contribution in [0.3, 0.4) is 0 Å². The lowest BCUT2D eigenvalue weighted by Gasteiger charge is -2.51. The molecular weight excluding hydrogens is 284 g/mol.